The van der Waals surface area contributed by atoms with Gasteiger partial charge in [0, 0.05) is 35.7 Å². The standard InChI is InChI=1S/C22H18FN3O2/c1-13-4-9-19-16(3-2-10-24-19)21(13)26-22(28)18-12-25-20(27)11-17(18)14-5-7-15(23)8-6-14/h2-10,12,17H,11H2,1H3,(H,25,27)(H,26,28)/t17-/m0/s1. The maximum Gasteiger partial charge on any atom is 0.253 e. The van der Waals surface area contributed by atoms with Crippen molar-refractivity contribution in [3.63, 3.8) is 0 Å². The highest BCUT2D eigenvalue weighted by Gasteiger charge is 2.29. The molecule has 5 nitrogen and oxygen atoms in total. The van der Waals surface area contributed by atoms with Crippen molar-refractivity contribution in [2.75, 3.05) is 5.32 Å². The van der Waals surface area contributed by atoms with E-state index in [9.17, 15) is 14.0 Å². The molecule has 28 heavy (non-hydrogen) atoms. The summed E-state index contributed by atoms with van der Waals surface area (Å²) in [5.74, 6) is -1.30. The van der Waals surface area contributed by atoms with Crippen LogP contribution in [0.4, 0.5) is 10.1 Å². The topological polar surface area (TPSA) is 71.1 Å². The van der Waals surface area contributed by atoms with Gasteiger partial charge in [-0.25, -0.2) is 4.39 Å². The molecule has 0 radical (unpaired) electrons. The van der Waals surface area contributed by atoms with Crippen molar-refractivity contribution in [1.29, 1.82) is 0 Å². The summed E-state index contributed by atoms with van der Waals surface area (Å²) >= 11 is 0. The molecular formula is C22H18FN3O2. The fourth-order valence-corrected chi connectivity index (χ4v) is 3.44. The zero-order chi connectivity index (χ0) is 19.7. The Morgan fingerprint density at radius 1 is 1.18 bits per heavy atom. The maximum atomic E-state index is 13.3. The number of halogens is 1. The van der Waals surface area contributed by atoms with Gasteiger partial charge in [-0.1, -0.05) is 18.2 Å². The van der Waals surface area contributed by atoms with Crippen molar-refractivity contribution in [2.45, 2.75) is 19.3 Å². The van der Waals surface area contributed by atoms with Crippen LogP contribution in [0.3, 0.4) is 0 Å². The van der Waals surface area contributed by atoms with E-state index in [4.69, 9.17) is 0 Å². The number of pyridine rings is 1. The molecule has 0 fully saturated rings. The first kappa shape index (κ1) is 17.9. The normalized spacial score (nSPS) is 16.4. The predicted molar refractivity (Wildman–Crippen MR) is 105 cm³/mol. The summed E-state index contributed by atoms with van der Waals surface area (Å²) in [7, 11) is 0. The van der Waals surface area contributed by atoms with Gasteiger partial charge in [-0.3, -0.25) is 14.6 Å². The van der Waals surface area contributed by atoms with Crippen LogP contribution in [0, 0.1) is 12.7 Å². The Labute approximate surface area is 161 Å². The van der Waals surface area contributed by atoms with E-state index in [-0.39, 0.29) is 24.1 Å². The van der Waals surface area contributed by atoms with Crippen LogP contribution in [-0.4, -0.2) is 16.8 Å². The highest BCUT2D eigenvalue weighted by atomic mass is 19.1. The van der Waals surface area contributed by atoms with Gasteiger partial charge in [-0.05, 0) is 48.4 Å². The van der Waals surface area contributed by atoms with Crippen molar-refractivity contribution in [3.05, 3.63) is 83.4 Å². The maximum absolute atomic E-state index is 13.3. The minimum Gasteiger partial charge on any atom is -0.332 e. The van der Waals surface area contributed by atoms with E-state index < -0.39 is 5.92 Å². The summed E-state index contributed by atoms with van der Waals surface area (Å²) < 4.78 is 13.3. The van der Waals surface area contributed by atoms with Gasteiger partial charge in [0.2, 0.25) is 5.91 Å². The summed E-state index contributed by atoms with van der Waals surface area (Å²) in [5, 5.41) is 6.43. The van der Waals surface area contributed by atoms with Crippen molar-refractivity contribution < 1.29 is 14.0 Å². The highest BCUT2D eigenvalue weighted by molar-refractivity contribution is 6.10. The molecule has 0 aliphatic carbocycles. The zero-order valence-corrected chi connectivity index (χ0v) is 15.2. The van der Waals surface area contributed by atoms with Crippen LogP contribution in [0.15, 0.2) is 66.5 Å². The second-order valence-electron chi connectivity index (χ2n) is 6.76. The van der Waals surface area contributed by atoms with E-state index in [0.717, 1.165) is 16.5 Å². The molecule has 0 saturated heterocycles. The summed E-state index contributed by atoms with van der Waals surface area (Å²) in [4.78, 5) is 29.3. The van der Waals surface area contributed by atoms with Crippen LogP contribution in [-0.2, 0) is 9.59 Å². The number of benzene rings is 2. The van der Waals surface area contributed by atoms with Crippen LogP contribution in [0.2, 0.25) is 0 Å². The summed E-state index contributed by atoms with van der Waals surface area (Å²) in [5.41, 5.74) is 3.52. The first-order chi connectivity index (χ1) is 13.5. The van der Waals surface area contributed by atoms with E-state index in [1.807, 2.05) is 31.2 Å². The quantitative estimate of drug-likeness (QED) is 0.731. The number of anilines is 1. The lowest BCUT2D eigenvalue weighted by Gasteiger charge is -2.24. The number of fused-ring (bicyclic) bond motifs is 1. The number of carbonyl (C=O) groups is 2. The van der Waals surface area contributed by atoms with Gasteiger partial charge in [-0.2, -0.15) is 0 Å². The lowest BCUT2D eigenvalue weighted by atomic mass is 9.86. The molecule has 0 bridgehead atoms. The molecule has 1 aliphatic heterocycles. The highest BCUT2D eigenvalue weighted by Crippen LogP contribution is 2.32. The van der Waals surface area contributed by atoms with Gasteiger partial charge in [0.1, 0.15) is 5.82 Å². The average Bonchev–Trinajstić information content (AvgIpc) is 2.70. The number of nitrogens with one attached hydrogen (secondary N) is 2. The molecule has 140 valence electrons. The lowest BCUT2D eigenvalue weighted by molar-refractivity contribution is -0.121. The number of rotatable bonds is 3. The fourth-order valence-electron chi connectivity index (χ4n) is 3.44. The molecule has 4 rings (SSSR count). The van der Waals surface area contributed by atoms with Gasteiger partial charge in [-0.15, -0.1) is 0 Å². The average molecular weight is 375 g/mol. The fraction of sp³-hybridized carbons (Fsp3) is 0.136. The molecule has 3 aromatic rings. The molecular weight excluding hydrogens is 357 g/mol. The van der Waals surface area contributed by atoms with Crippen molar-refractivity contribution in [1.82, 2.24) is 10.3 Å². The molecule has 0 spiro atoms. The SMILES string of the molecule is Cc1ccc2ncccc2c1NC(=O)C1=CNC(=O)C[C@H]1c1ccc(F)cc1. The third-order valence-electron chi connectivity index (χ3n) is 4.92. The monoisotopic (exact) mass is 375 g/mol. The Balaban J connectivity index is 1.69. The van der Waals surface area contributed by atoms with Crippen LogP contribution >= 0.6 is 0 Å². The van der Waals surface area contributed by atoms with Gasteiger partial charge < -0.3 is 10.6 Å². The molecule has 1 aromatic heterocycles. The minimum atomic E-state index is -0.442. The third kappa shape index (κ3) is 3.36. The second kappa shape index (κ2) is 7.23. The molecule has 2 heterocycles. The van der Waals surface area contributed by atoms with E-state index in [1.54, 1.807) is 18.3 Å². The number of nitrogens with zero attached hydrogens (tertiary/aromatic N) is 1. The van der Waals surface area contributed by atoms with Crippen LogP contribution in [0.5, 0.6) is 0 Å². The summed E-state index contributed by atoms with van der Waals surface area (Å²) in [6.45, 7) is 1.91. The first-order valence-corrected chi connectivity index (χ1v) is 8.93. The predicted octanol–water partition coefficient (Wildman–Crippen LogP) is 3.81. The van der Waals surface area contributed by atoms with Gasteiger partial charge >= 0.3 is 0 Å². The Kier molecular flexibility index (Phi) is 4.61. The van der Waals surface area contributed by atoms with Crippen molar-refractivity contribution >= 4 is 28.4 Å². The molecule has 2 amide bonds. The number of carbonyl (C=O) groups excluding carboxylic acids is 2. The molecule has 0 saturated carbocycles. The smallest absolute Gasteiger partial charge is 0.253 e. The Hall–Kier alpha value is -3.54. The van der Waals surface area contributed by atoms with Crippen LogP contribution < -0.4 is 10.6 Å². The first-order valence-electron chi connectivity index (χ1n) is 8.93. The largest absolute Gasteiger partial charge is 0.332 e. The van der Waals surface area contributed by atoms with Crippen molar-refractivity contribution in [3.8, 4) is 0 Å². The number of hydrogen-bond donors (Lipinski definition) is 2. The molecule has 0 unspecified atom stereocenters. The van der Waals surface area contributed by atoms with E-state index >= 15 is 0 Å². The van der Waals surface area contributed by atoms with E-state index in [2.05, 4.69) is 15.6 Å². The zero-order valence-electron chi connectivity index (χ0n) is 15.2. The summed E-state index contributed by atoms with van der Waals surface area (Å²) in [6.07, 6.45) is 3.27. The minimum absolute atomic E-state index is 0.126. The summed E-state index contributed by atoms with van der Waals surface area (Å²) in [6, 6.07) is 13.4. The lowest BCUT2D eigenvalue weighted by Crippen LogP contribution is -2.32. The van der Waals surface area contributed by atoms with E-state index in [1.165, 1.54) is 18.3 Å². The van der Waals surface area contributed by atoms with Crippen LogP contribution in [0.25, 0.3) is 10.9 Å². The van der Waals surface area contributed by atoms with Crippen molar-refractivity contribution in [2.24, 2.45) is 0 Å². The number of hydrogen-bond acceptors (Lipinski definition) is 3. The number of aryl methyl sites for hydroxylation is 1. The Morgan fingerprint density at radius 2 is 1.96 bits per heavy atom. The third-order valence-corrected chi connectivity index (χ3v) is 4.92. The van der Waals surface area contributed by atoms with Gasteiger partial charge in [0.05, 0.1) is 11.2 Å². The number of aromatic nitrogens is 1. The Bertz CT molecular complexity index is 1110. The second-order valence-corrected chi connectivity index (χ2v) is 6.76. The molecule has 1 atom stereocenters. The number of amides is 2. The molecule has 6 heteroatoms. The Morgan fingerprint density at radius 3 is 2.75 bits per heavy atom. The van der Waals surface area contributed by atoms with Crippen LogP contribution in [0.1, 0.15) is 23.5 Å². The van der Waals surface area contributed by atoms with E-state index in [0.29, 0.717) is 16.8 Å². The molecule has 2 N–H and O–H groups in total. The van der Waals surface area contributed by atoms with Gasteiger partial charge in [0.15, 0.2) is 0 Å². The van der Waals surface area contributed by atoms with Gasteiger partial charge in [0.25, 0.3) is 5.91 Å². The molecule has 2 aromatic carbocycles. The molecule has 1 aliphatic rings.